The smallest absolute Gasteiger partial charge is 0.255 e. The highest BCUT2D eigenvalue weighted by molar-refractivity contribution is 5.93. The number of carbonyl (C=O) groups excluding carboxylic acids is 2. The molecular formula is C13H18N4O3. The molecule has 7 nitrogen and oxygen atoms in total. The summed E-state index contributed by atoms with van der Waals surface area (Å²) in [7, 11) is 0. The van der Waals surface area contributed by atoms with Gasteiger partial charge in [-0.3, -0.25) is 19.3 Å². The van der Waals surface area contributed by atoms with Gasteiger partial charge >= 0.3 is 0 Å². The molecule has 0 atom stereocenters. The van der Waals surface area contributed by atoms with Gasteiger partial charge in [-0.05, 0) is 12.5 Å². The number of amides is 2. The quantitative estimate of drug-likeness (QED) is 0.741. The van der Waals surface area contributed by atoms with Gasteiger partial charge in [0.1, 0.15) is 0 Å². The van der Waals surface area contributed by atoms with Crippen LogP contribution in [0.15, 0.2) is 23.1 Å². The Bertz CT molecular complexity index is 534. The van der Waals surface area contributed by atoms with Gasteiger partial charge in [0.15, 0.2) is 0 Å². The summed E-state index contributed by atoms with van der Waals surface area (Å²) in [5, 5.41) is 0. The third-order valence-electron chi connectivity index (χ3n) is 3.29. The van der Waals surface area contributed by atoms with E-state index in [9.17, 15) is 14.4 Å². The van der Waals surface area contributed by atoms with Crippen LogP contribution >= 0.6 is 0 Å². The molecule has 1 fully saturated rings. The highest BCUT2D eigenvalue weighted by Crippen LogP contribution is 2.07. The summed E-state index contributed by atoms with van der Waals surface area (Å²) in [5.74, 6) is -0.465. The van der Waals surface area contributed by atoms with Gasteiger partial charge in [0, 0.05) is 38.4 Å². The van der Waals surface area contributed by atoms with E-state index >= 15 is 0 Å². The Morgan fingerprint density at radius 1 is 1.20 bits per heavy atom. The lowest BCUT2D eigenvalue weighted by atomic mass is 10.2. The lowest BCUT2D eigenvalue weighted by molar-refractivity contribution is -0.119. The van der Waals surface area contributed by atoms with E-state index in [0.29, 0.717) is 25.2 Å². The highest BCUT2D eigenvalue weighted by atomic mass is 16.2. The molecule has 0 spiro atoms. The number of aromatic nitrogens is 1. The number of primary amides is 1. The Morgan fingerprint density at radius 2 is 2.00 bits per heavy atom. The van der Waals surface area contributed by atoms with E-state index in [2.05, 4.69) is 4.98 Å². The monoisotopic (exact) mass is 278 g/mol. The van der Waals surface area contributed by atoms with Crippen LogP contribution in [0.3, 0.4) is 0 Å². The number of aromatic amines is 1. The lowest BCUT2D eigenvalue weighted by Crippen LogP contribution is -2.38. The topological polar surface area (TPSA) is 99.5 Å². The molecule has 1 saturated heterocycles. The molecule has 3 N–H and O–H groups in total. The predicted molar refractivity (Wildman–Crippen MR) is 73.2 cm³/mol. The Balaban J connectivity index is 1.99. The predicted octanol–water partition coefficient (Wildman–Crippen LogP) is -0.992. The fourth-order valence-corrected chi connectivity index (χ4v) is 2.28. The minimum atomic E-state index is -0.356. The largest absolute Gasteiger partial charge is 0.369 e. The van der Waals surface area contributed by atoms with Crippen molar-refractivity contribution in [1.29, 1.82) is 0 Å². The number of nitrogens with zero attached hydrogens (tertiary/aromatic N) is 2. The third kappa shape index (κ3) is 3.67. The van der Waals surface area contributed by atoms with Crippen molar-refractivity contribution >= 4 is 11.8 Å². The summed E-state index contributed by atoms with van der Waals surface area (Å²) in [6.07, 6.45) is 2.22. The maximum absolute atomic E-state index is 12.3. The van der Waals surface area contributed by atoms with Crippen molar-refractivity contribution in [2.24, 2.45) is 5.73 Å². The van der Waals surface area contributed by atoms with Crippen LogP contribution in [-0.2, 0) is 4.79 Å². The van der Waals surface area contributed by atoms with Crippen molar-refractivity contribution in [3.05, 3.63) is 34.2 Å². The van der Waals surface area contributed by atoms with Gasteiger partial charge in [0.2, 0.25) is 11.5 Å². The molecule has 1 aliphatic rings. The second-order valence-corrected chi connectivity index (χ2v) is 4.83. The zero-order valence-electron chi connectivity index (χ0n) is 11.2. The van der Waals surface area contributed by atoms with Crippen LogP contribution in [0.2, 0.25) is 0 Å². The van der Waals surface area contributed by atoms with Gasteiger partial charge < -0.3 is 15.6 Å². The second-order valence-electron chi connectivity index (χ2n) is 4.83. The first-order valence-corrected chi connectivity index (χ1v) is 6.55. The van der Waals surface area contributed by atoms with Gasteiger partial charge in [-0.25, -0.2) is 0 Å². The average Bonchev–Trinajstić information content (AvgIpc) is 2.64. The van der Waals surface area contributed by atoms with Gasteiger partial charge in [-0.1, -0.05) is 0 Å². The molecule has 0 saturated carbocycles. The van der Waals surface area contributed by atoms with Crippen molar-refractivity contribution in [1.82, 2.24) is 14.8 Å². The van der Waals surface area contributed by atoms with Crippen molar-refractivity contribution < 1.29 is 9.59 Å². The molecule has 20 heavy (non-hydrogen) atoms. The zero-order valence-corrected chi connectivity index (χ0v) is 11.2. The molecule has 108 valence electrons. The number of pyridine rings is 1. The molecule has 1 aromatic heterocycles. The first-order chi connectivity index (χ1) is 9.56. The highest BCUT2D eigenvalue weighted by Gasteiger charge is 2.20. The van der Waals surface area contributed by atoms with Crippen LogP contribution in [-0.4, -0.2) is 59.3 Å². The minimum Gasteiger partial charge on any atom is -0.369 e. The summed E-state index contributed by atoms with van der Waals surface area (Å²) in [4.78, 5) is 40.4. The fraction of sp³-hybridized carbons (Fsp3) is 0.462. The summed E-state index contributed by atoms with van der Waals surface area (Å²) in [5.41, 5.74) is 5.41. The molecule has 0 aliphatic carbocycles. The second kappa shape index (κ2) is 6.33. The van der Waals surface area contributed by atoms with Gasteiger partial charge in [-0.2, -0.15) is 0 Å². The molecule has 2 rings (SSSR count). The molecular weight excluding hydrogens is 260 g/mol. The van der Waals surface area contributed by atoms with E-state index in [-0.39, 0.29) is 23.9 Å². The van der Waals surface area contributed by atoms with Crippen molar-refractivity contribution in [3.8, 4) is 0 Å². The Morgan fingerprint density at radius 3 is 2.65 bits per heavy atom. The minimum absolute atomic E-state index is 0.109. The van der Waals surface area contributed by atoms with E-state index in [0.717, 1.165) is 13.0 Å². The van der Waals surface area contributed by atoms with Crippen LogP contribution in [0, 0.1) is 0 Å². The summed E-state index contributed by atoms with van der Waals surface area (Å²) >= 11 is 0. The SMILES string of the molecule is NC(=O)CN1CCCN(C(=O)c2ccc(=O)[nH]c2)CC1. The van der Waals surface area contributed by atoms with Crippen LogP contribution < -0.4 is 11.3 Å². The van der Waals surface area contributed by atoms with Gasteiger partial charge in [0.05, 0.1) is 12.1 Å². The first kappa shape index (κ1) is 14.3. The van der Waals surface area contributed by atoms with Crippen molar-refractivity contribution in [2.75, 3.05) is 32.7 Å². The Hall–Kier alpha value is -2.15. The number of H-pyrrole nitrogens is 1. The maximum Gasteiger partial charge on any atom is 0.255 e. The van der Waals surface area contributed by atoms with Gasteiger partial charge in [0.25, 0.3) is 5.91 Å². The average molecular weight is 278 g/mol. The summed E-state index contributed by atoms with van der Waals surface area (Å²) < 4.78 is 0. The maximum atomic E-state index is 12.3. The lowest BCUT2D eigenvalue weighted by Gasteiger charge is -2.21. The molecule has 7 heteroatoms. The normalized spacial score (nSPS) is 16.7. The number of hydrogen-bond donors (Lipinski definition) is 2. The molecule has 0 unspecified atom stereocenters. The number of nitrogens with one attached hydrogen (secondary N) is 1. The first-order valence-electron chi connectivity index (χ1n) is 6.55. The van der Waals surface area contributed by atoms with E-state index in [1.54, 1.807) is 4.90 Å². The summed E-state index contributed by atoms with van der Waals surface area (Å²) in [6.45, 7) is 2.77. The molecule has 2 heterocycles. The van der Waals surface area contributed by atoms with Crippen LogP contribution in [0.5, 0.6) is 0 Å². The number of hydrogen-bond acceptors (Lipinski definition) is 4. The summed E-state index contributed by atoms with van der Waals surface area (Å²) in [6, 6.07) is 2.86. The Kier molecular flexibility index (Phi) is 4.52. The van der Waals surface area contributed by atoms with Crippen molar-refractivity contribution in [2.45, 2.75) is 6.42 Å². The van der Waals surface area contributed by atoms with E-state index in [1.807, 2.05) is 4.90 Å². The number of rotatable bonds is 3. The van der Waals surface area contributed by atoms with E-state index in [1.165, 1.54) is 18.3 Å². The molecule has 2 amide bonds. The van der Waals surface area contributed by atoms with Gasteiger partial charge in [-0.15, -0.1) is 0 Å². The fourth-order valence-electron chi connectivity index (χ4n) is 2.28. The number of carbonyl (C=O) groups is 2. The standard InChI is InChI=1S/C13H18N4O3/c14-11(18)9-16-4-1-5-17(7-6-16)13(20)10-2-3-12(19)15-8-10/h2-3,8H,1,4-7,9H2,(H2,14,18)(H,15,19). The van der Waals surface area contributed by atoms with Crippen LogP contribution in [0.4, 0.5) is 0 Å². The zero-order chi connectivity index (χ0) is 14.5. The number of nitrogens with two attached hydrogens (primary N) is 1. The van der Waals surface area contributed by atoms with E-state index in [4.69, 9.17) is 5.73 Å². The van der Waals surface area contributed by atoms with Crippen LogP contribution in [0.25, 0.3) is 0 Å². The van der Waals surface area contributed by atoms with Crippen molar-refractivity contribution in [3.63, 3.8) is 0 Å². The third-order valence-corrected chi connectivity index (χ3v) is 3.29. The molecule has 0 bridgehead atoms. The molecule has 0 aromatic carbocycles. The molecule has 1 aliphatic heterocycles. The molecule has 1 aromatic rings. The van der Waals surface area contributed by atoms with E-state index < -0.39 is 0 Å². The Labute approximate surface area is 116 Å². The van der Waals surface area contributed by atoms with Crippen LogP contribution in [0.1, 0.15) is 16.8 Å². The molecule has 0 radical (unpaired) electrons.